The van der Waals surface area contributed by atoms with Gasteiger partial charge in [0.05, 0.1) is 23.3 Å². The SMILES string of the molecule is N#Cc1ccc(Cl)c(S(=O)(=O)N(CCO)C2CCC2)c1. The molecule has 7 heteroatoms. The number of hydrogen-bond acceptors (Lipinski definition) is 4. The van der Waals surface area contributed by atoms with E-state index < -0.39 is 10.0 Å². The van der Waals surface area contributed by atoms with Crippen LogP contribution >= 0.6 is 11.6 Å². The lowest BCUT2D eigenvalue weighted by Gasteiger charge is -2.36. The number of hydrogen-bond donors (Lipinski definition) is 1. The molecule has 0 amide bonds. The van der Waals surface area contributed by atoms with Crippen LogP contribution in [0.1, 0.15) is 24.8 Å². The van der Waals surface area contributed by atoms with E-state index in [2.05, 4.69) is 0 Å². The molecule has 0 saturated heterocycles. The molecule has 0 aliphatic heterocycles. The van der Waals surface area contributed by atoms with Gasteiger partial charge in [-0.2, -0.15) is 9.57 Å². The molecule has 108 valence electrons. The standard InChI is InChI=1S/C13H15ClN2O3S/c14-12-5-4-10(9-15)8-13(12)20(18,19)16(6-7-17)11-2-1-3-11/h4-5,8,11,17H,1-3,6-7H2. The third-order valence-electron chi connectivity index (χ3n) is 3.45. The van der Waals surface area contributed by atoms with Crippen LogP contribution in [0.3, 0.4) is 0 Å². The van der Waals surface area contributed by atoms with Gasteiger partial charge in [0.1, 0.15) is 4.90 Å². The molecule has 0 heterocycles. The molecule has 1 N–H and O–H groups in total. The summed E-state index contributed by atoms with van der Waals surface area (Å²) in [6.45, 7) is -0.203. The molecule has 5 nitrogen and oxygen atoms in total. The van der Waals surface area contributed by atoms with E-state index in [-0.39, 0.29) is 34.7 Å². The van der Waals surface area contributed by atoms with Crippen LogP contribution in [0.15, 0.2) is 23.1 Å². The number of aliphatic hydroxyl groups excluding tert-OH is 1. The molecular weight excluding hydrogens is 300 g/mol. The number of halogens is 1. The maximum atomic E-state index is 12.7. The molecule has 1 aliphatic rings. The highest BCUT2D eigenvalue weighted by Gasteiger charge is 2.35. The largest absolute Gasteiger partial charge is 0.395 e. The number of sulfonamides is 1. The fourth-order valence-electron chi connectivity index (χ4n) is 2.17. The lowest BCUT2D eigenvalue weighted by atomic mass is 9.93. The van der Waals surface area contributed by atoms with Gasteiger partial charge >= 0.3 is 0 Å². The van der Waals surface area contributed by atoms with Gasteiger partial charge in [-0.3, -0.25) is 0 Å². The van der Waals surface area contributed by atoms with Gasteiger partial charge in [0.15, 0.2) is 0 Å². The van der Waals surface area contributed by atoms with Crippen LogP contribution in [0.2, 0.25) is 5.02 Å². The van der Waals surface area contributed by atoms with Gasteiger partial charge in [0.2, 0.25) is 10.0 Å². The van der Waals surface area contributed by atoms with Crippen LogP contribution in [0.5, 0.6) is 0 Å². The van der Waals surface area contributed by atoms with Crippen molar-refractivity contribution in [2.24, 2.45) is 0 Å². The van der Waals surface area contributed by atoms with Crippen LogP contribution in [-0.4, -0.2) is 37.0 Å². The second-order valence-corrected chi connectivity index (χ2v) is 6.95. The lowest BCUT2D eigenvalue weighted by molar-refractivity contribution is 0.178. The zero-order valence-electron chi connectivity index (χ0n) is 10.8. The molecule has 2 rings (SSSR count). The minimum absolute atomic E-state index is 0.0418. The quantitative estimate of drug-likeness (QED) is 0.897. The van der Waals surface area contributed by atoms with Gasteiger partial charge in [0, 0.05) is 12.6 Å². The Morgan fingerprint density at radius 2 is 2.15 bits per heavy atom. The van der Waals surface area contributed by atoms with E-state index in [1.165, 1.54) is 22.5 Å². The van der Waals surface area contributed by atoms with Crippen molar-refractivity contribution in [3.05, 3.63) is 28.8 Å². The van der Waals surface area contributed by atoms with Gasteiger partial charge in [-0.15, -0.1) is 0 Å². The van der Waals surface area contributed by atoms with Crippen molar-refractivity contribution in [1.29, 1.82) is 5.26 Å². The Bertz CT molecular complexity index is 636. The highest BCUT2D eigenvalue weighted by molar-refractivity contribution is 7.89. The second-order valence-electron chi connectivity index (χ2n) is 4.68. The second kappa shape index (κ2) is 6.10. The van der Waals surface area contributed by atoms with Crippen molar-refractivity contribution >= 4 is 21.6 Å². The van der Waals surface area contributed by atoms with E-state index in [4.69, 9.17) is 22.0 Å². The van der Waals surface area contributed by atoms with Gasteiger partial charge in [-0.1, -0.05) is 18.0 Å². The summed E-state index contributed by atoms with van der Waals surface area (Å²) in [6, 6.07) is 5.97. The average molecular weight is 315 g/mol. The minimum atomic E-state index is -3.80. The van der Waals surface area contributed by atoms with Crippen LogP contribution in [-0.2, 0) is 10.0 Å². The Balaban J connectivity index is 2.44. The predicted octanol–water partition coefficient (Wildman–Crippen LogP) is 1.75. The molecule has 20 heavy (non-hydrogen) atoms. The highest BCUT2D eigenvalue weighted by atomic mass is 35.5. The van der Waals surface area contributed by atoms with Crippen molar-refractivity contribution < 1.29 is 13.5 Å². The minimum Gasteiger partial charge on any atom is -0.395 e. The molecule has 1 aromatic carbocycles. The number of rotatable bonds is 5. The summed E-state index contributed by atoms with van der Waals surface area (Å²) in [5.74, 6) is 0. The maximum Gasteiger partial charge on any atom is 0.244 e. The van der Waals surface area contributed by atoms with Gasteiger partial charge in [0.25, 0.3) is 0 Å². The third kappa shape index (κ3) is 2.81. The van der Waals surface area contributed by atoms with E-state index in [0.717, 1.165) is 19.3 Å². The summed E-state index contributed by atoms with van der Waals surface area (Å²) < 4.78 is 26.6. The van der Waals surface area contributed by atoms with Crippen molar-refractivity contribution in [2.75, 3.05) is 13.2 Å². The number of benzene rings is 1. The first kappa shape index (κ1) is 15.3. The maximum absolute atomic E-state index is 12.7. The van der Waals surface area contributed by atoms with E-state index in [1.54, 1.807) is 0 Å². The molecule has 0 spiro atoms. The number of nitriles is 1. The van der Waals surface area contributed by atoms with Gasteiger partial charge in [-0.05, 0) is 31.0 Å². The molecule has 0 radical (unpaired) electrons. The summed E-state index contributed by atoms with van der Waals surface area (Å²) in [6.07, 6.45) is 2.55. The van der Waals surface area contributed by atoms with Crippen LogP contribution < -0.4 is 0 Å². The van der Waals surface area contributed by atoms with Gasteiger partial charge in [-0.25, -0.2) is 8.42 Å². The topological polar surface area (TPSA) is 81.4 Å². The summed E-state index contributed by atoms with van der Waals surface area (Å²) >= 11 is 5.97. The Hall–Kier alpha value is -1.13. The molecule has 0 atom stereocenters. The zero-order valence-corrected chi connectivity index (χ0v) is 12.4. The lowest BCUT2D eigenvalue weighted by Crippen LogP contribution is -2.45. The first-order valence-electron chi connectivity index (χ1n) is 6.33. The molecule has 0 bridgehead atoms. The average Bonchev–Trinajstić information content (AvgIpc) is 2.36. The smallest absolute Gasteiger partial charge is 0.244 e. The summed E-state index contributed by atoms with van der Waals surface area (Å²) in [5.41, 5.74) is 0.241. The number of nitrogens with zero attached hydrogens (tertiary/aromatic N) is 2. The molecular formula is C13H15ClN2O3S. The monoisotopic (exact) mass is 314 g/mol. The van der Waals surface area contributed by atoms with E-state index in [9.17, 15) is 8.42 Å². The van der Waals surface area contributed by atoms with E-state index in [0.29, 0.717) is 0 Å². The number of aliphatic hydroxyl groups is 1. The summed E-state index contributed by atoms with van der Waals surface area (Å²) in [4.78, 5) is -0.0708. The third-order valence-corrected chi connectivity index (χ3v) is 5.88. The highest BCUT2D eigenvalue weighted by Crippen LogP contribution is 2.32. The molecule has 1 aliphatic carbocycles. The Morgan fingerprint density at radius 1 is 1.45 bits per heavy atom. The molecule has 0 unspecified atom stereocenters. The predicted molar refractivity (Wildman–Crippen MR) is 74.8 cm³/mol. The molecule has 1 saturated carbocycles. The molecule has 1 aromatic rings. The fraction of sp³-hybridized carbons (Fsp3) is 0.462. The summed E-state index contributed by atoms with van der Waals surface area (Å²) in [5, 5.41) is 18.1. The van der Waals surface area contributed by atoms with Crippen molar-refractivity contribution in [2.45, 2.75) is 30.2 Å². The van der Waals surface area contributed by atoms with Crippen molar-refractivity contribution in [3.8, 4) is 6.07 Å². The molecule has 0 aromatic heterocycles. The first-order chi connectivity index (χ1) is 9.50. The summed E-state index contributed by atoms with van der Waals surface area (Å²) in [7, 11) is -3.80. The van der Waals surface area contributed by atoms with Crippen molar-refractivity contribution in [3.63, 3.8) is 0 Å². The Kier molecular flexibility index (Phi) is 4.66. The Labute approximate surface area is 123 Å². The van der Waals surface area contributed by atoms with Crippen LogP contribution in [0, 0.1) is 11.3 Å². The van der Waals surface area contributed by atoms with Gasteiger partial charge < -0.3 is 5.11 Å². The van der Waals surface area contributed by atoms with E-state index >= 15 is 0 Å². The first-order valence-corrected chi connectivity index (χ1v) is 8.15. The fourth-order valence-corrected chi connectivity index (χ4v) is 4.35. The molecule has 1 fully saturated rings. The zero-order chi connectivity index (χ0) is 14.8. The van der Waals surface area contributed by atoms with Crippen LogP contribution in [0.4, 0.5) is 0 Å². The van der Waals surface area contributed by atoms with Crippen LogP contribution in [0.25, 0.3) is 0 Å². The normalized spacial score (nSPS) is 15.9. The Morgan fingerprint density at radius 3 is 2.65 bits per heavy atom. The van der Waals surface area contributed by atoms with E-state index in [1.807, 2.05) is 6.07 Å². The van der Waals surface area contributed by atoms with Crippen molar-refractivity contribution in [1.82, 2.24) is 4.31 Å².